The van der Waals surface area contributed by atoms with Gasteiger partial charge in [0.25, 0.3) is 0 Å². The summed E-state index contributed by atoms with van der Waals surface area (Å²) >= 11 is 5.78. The Kier molecular flexibility index (Phi) is 6.08. The summed E-state index contributed by atoms with van der Waals surface area (Å²) < 4.78 is 26.5. The third kappa shape index (κ3) is 4.57. The van der Waals surface area contributed by atoms with Crippen LogP contribution in [-0.2, 0) is 10.0 Å². The van der Waals surface area contributed by atoms with Crippen LogP contribution in [0, 0.1) is 0 Å². The molecule has 2 N–H and O–H groups in total. The van der Waals surface area contributed by atoms with E-state index >= 15 is 0 Å². The maximum atomic E-state index is 12.0. The van der Waals surface area contributed by atoms with Crippen LogP contribution in [0.25, 0.3) is 0 Å². The molecule has 0 amide bonds. The minimum atomic E-state index is -3.44. The van der Waals surface area contributed by atoms with E-state index in [1.807, 2.05) is 0 Å². The Morgan fingerprint density at radius 1 is 1.28 bits per heavy atom. The number of benzene rings is 1. The Bertz CT molecular complexity index is 473. The largest absolute Gasteiger partial charge is 0.334 e. The summed E-state index contributed by atoms with van der Waals surface area (Å²) in [6, 6.07) is 6.28. The van der Waals surface area contributed by atoms with Crippen molar-refractivity contribution in [3.63, 3.8) is 0 Å². The molecule has 0 fully saturated rings. The number of sulfonamides is 1. The van der Waals surface area contributed by atoms with E-state index < -0.39 is 10.0 Å². The van der Waals surface area contributed by atoms with Crippen molar-refractivity contribution in [2.45, 2.75) is 18.7 Å². The molecule has 102 valence electrons. The van der Waals surface area contributed by atoms with E-state index in [1.54, 1.807) is 18.2 Å². The summed E-state index contributed by atoms with van der Waals surface area (Å²) in [6.07, 6.45) is 0. The number of likely N-dealkylation sites (N-methyl/N-ethyl adjacent to an activating group) is 1. The van der Waals surface area contributed by atoms with Crippen LogP contribution in [0.3, 0.4) is 0 Å². The van der Waals surface area contributed by atoms with Gasteiger partial charge in [0.2, 0.25) is 10.0 Å². The predicted octanol–water partition coefficient (Wildman–Crippen LogP) is 0.543. The summed E-state index contributed by atoms with van der Waals surface area (Å²) in [7, 11) is -3.44. The molecule has 0 bridgehead atoms. The Morgan fingerprint density at radius 2 is 1.94 bits per heavy atom. The average Bonchev–Trinajstić information content (AvgIpc) is 2.34. The van der Waals surface area contributed by atoms with Crippen LogP contribution < -0.4 is 9.62 Å². The molecular formula is C12H20ClN2O2S+. The van der Waals surface area contributed by atoms with Gasteiger partial charge in [-0.25, -0.2) is 13.1 Å². The molecule has 0 radical (unpaired) electrons. The summed E-state index contributed by atoms with van der Waals surface area (Å²) in [4.78, 5) is 1.58. The molecule has 1 aromatic rings. The first-order chi connectivity index (χ1) is 8.49. The average molecular weight is 292 g/mol. The van der Waals surface area contributed by atoms with Crippen LogP contribution in [-0.4, -0.2) is 34.6 Å². The third-order valence-corrected chi connectivity index (χ3v) is 4.57. The van der Waals surface area contributed by atoms with E-state index in [-0.39, 0.29) is 4.90 Å². The molecule has 0 aliphatic heterocycles. The van der Waals surface area contributed by atoms with Gasteiger partial charge in [0.15, 0.2) is 0 Å². The molecule has 0 atom stereocenters. The number of rotatable bonds is 7. The lowest BCUT2D eigenvalue weighted by molar-refractivity contribution is -0.895. The SMILES string of the molecule is CC[NH+](CC)CCNS(=O)(=O)c1cccc(Cl)c1. The van der Waals surface area contributed by atoms with Crippen LogP contribution in [0.4, 0.5) is 0 Å². The summed E-state index contributed by atoms with van der Waals surface area (Å²) in [5, 5.41) is 0.423. The molecule has 0 unspecified atom stereocenters. The molecule has 18 heavy (non-hydrogen) atoms. The Labute approximate surface area is 114 Å². The molecular weight excluding hydrogens is 272 g/mol. The van der Waals surface area contributed by atoms with E-state index in [0.29, 0.717) is 11.6 Å². The van der Waals surface area contributed by atoms with Crippen molar-refractivity contribution in [1.82, 2.24) is 4.72 Å². The highest BCUT2D eigenvalue weighted by molar-refractivity contribution is 7.89. The molecule has 0 heterocycles. The Morgan fingerprint density at radius 3 is 2.50 bits per heavy atom. The molecule has 1 aromatic carbocycles. The van der Waals surface area contributed by atoms with Gasteiger partial charge < -0.3 is 4.90 Å². The van der Waals surface area contributed by atoms with Gasteiger partial charge in [-0.2, -0.15) is 0 Å². The molecule has 0 saturated carbocycles. The molecule has 1 rings (SSSR count). The highest BCUT2D eigenvalue weighted by atomic mass is 35.5. The second-order valence-corrected chi connectivity index (χ2v) is 6.27. The predicted molar refractivity (Wildman–Crippen MR) is 73.6 cm³/mol. The van der Waals surface area contributed by atoms with Crippen molar-refractivity contribution in [2.75, 3.05) is 26.2 Å². The Hall–Kier alpha value is -0.620. The maximum absolute atomic E-state index is 12.0. The first-order valence-electron chi connectivity index (χ1n) is 6.08. The van der Waals surface area contributed by atoms with Gasteiger partial charge in [0.1, 0.15) is 0 Å². The first kappa shape index (κ1) is 15.4. The highest BCUT2D eigenvalue weighted by Crippen LogP contribution is 2.14. The maximum Gasteiger partial charge on any atom is 0.240 e. The lowest BCUT2D eigenvalue weighted by Gasteiger charge is -2.15. The molecule has 0 aliphatic rings. The number of hydrogen-bond donors (Lipinski definition) is 2. The number of hydrogen-bond acceptors (Lipinski definition) is 2. The summed E-state index contributed by atoms with van der Waals surface area (Å²) in [6.45, 7) is 7.39. The minimum Gasteiger partial charge on any atom is -0.334 e. The molecule has 0 aromatic heterocycles. The fourth-order valence-electron chi connectivity index (χ4n) is 1.68. The second-order valence-electron chi connectivity index (χ2n) is 4.06. The van der Waals surface area contributed by atoms with Crippen molar-refractivity contribution in [2.24, 2.45) is 0 Å². The number of halogens is 1. The first-order valence-corrected chi connectivity index (χ1v) is 7.94. The smallest absolute Gasteiger partial charge is 0.240 e. The van der Waals surface area contributed by atoms with Crippen molar-refractivity contribution < 1.29 is 13.3 Å². The van der Waals surface area contributed by atoms with Gasteiger partial charge >= 0.3 is 0 Å². The number of nitrogens with one attached hydrogen (secondary N) is 2. The lowest BCUT2D eigenvalue weighted by atomic mass is 10.4. The van der Waals surface area contributed by atoms with Crippen molar-refractivity contribution >= 4 is 21.6 Å². The molecule has 4 nitrogen and oxygen atoms in total. The van der Waals surface area contributed by atoms with Crippen LogP contribution >= 0.6 is 11.6 Å². The zero-order valence-corrected chi connectivity index (χ0v) is 12.3. The van der Waals surface area contributed by atoms with E-state index in [2.05, 4.69) is 18.6 Å². The normalized spacial score (nSPS) is 12.0. The standard InChI is InChI=1S/C12H19ClN2O2S/c1-3-15(4-2)9-8-14-18(16,17)12-7-5-6-11(13)10-12/h5-7,10,14H,3-4,8-9H2,1-2H3/p+1. The summed E-state index contributed by atoms with van der Waals surface area (Å²) in [5.41, 5.74) is 0. The van der Waals surface area contributed by atoms with Gasteiger partial charge in [-0.05, 0) is 32.0 Å². The molecule has 0 saturated heterocycles. The van der Waals surface area contributed by atoms with Crippen molar-refractivity contribution in [3.8, 4) is 0 Å². The zero-order chi connectivity index (χ0) is 13.6. The fourth-order valence-corrected chi connectivity index (χ4v) is 3.02. The second kappa shape index (κ2) is 7.09. The van der Waals surface area contributed by atoms with Crippen LogP contribution in [0.1, 0.15) is 13.8 Å². The van der Waals surface area contributed by atoms with Crippen LogP contribution in [0.15, 0.2) is 29.2 Å². The minimum absolute atomic E-state index is 0.213. The molecule has 6 heteroatoms. The topological polar surface area (TPSA) is 50.6 Å². The van der Waals surface area contributed by atoms with Gasteiger partial charge in [-0.1, -0.05) is 17.7 Å². The monoisotopic (exact) mass is 291 g/mol. The van der Waals surface area contributed by atoms with Gasteiger partial charge in [-0.15, -0.1) is 0 Å². The van der Waals surface area contributed by atoms with E-state index in [0.717, 1.165) is 19.6 Å². The molecule has 0 spiro atoms. The third-order valence-electron chi connectivity index (χ3n) is 2.88. The van der Waals surface area contributed by atoms with Crippen LogP contribution in [0.5, 0.6) is 0 Å². The van der Waals surface area contributed by atoms with Gasteiger partial charge in [0, 0.05) is 5.02 Å². The Balaban J connectivity index is 2.60. The quantitative estimate of drug-likeness (QED) is 0.771. The van der Waals surface area contributed by atoms with Crippen LogP contribution in [0.2, 0.25) is 5.02 Å². The fraction of sp³-hybridized carbons (Fsp3) is 0.500. The van der Waals surface area contributed by atoms with E-state index in [4.69, 9.17) is 11.6 Å². The lowest BCUT2D eigenvalue weighted by Crippen LogP contribution is -3.12. The van der Waals surface area contributed by atoms with Crippen molar-refractivity contribution in [1.29, 1.82) is 0 Å². The molecule has 0 aliphatic carbocycles. The van der Waals surface area contributed by atoms with E-state index in [1.165, 1.54) is 11.0 Å². The zero-order valence-electron chi connectivity index (χ0n) is 10.7. The van der Waals surface area contributed by atoms with E-state index in [9.17, 15) is 8.42 Å². The number of quaternary nitrogens is 1. The summed E-state index contributed by atoms with van der Waals surface area (Å²) in [5.74, 6) is 0. The highest BCUT2D eigenvalue weighted by Gasteiger charge is 2.14. The van der Waals surface area contributed by atoms with Gasteiger partial charge in [0.05, 0.1) is 31.1 Å². The van der Waals surface area contributed by atoms with Crippen molar-refractivity contribution in [3.05, 3.63) is 29.3 Å². The van der Waals surface area contributed by atoms with Gasteiger partial charge in [-0.3, -0.25) is 0 Å².